The number of hydrogen-bond donors (Lipinski definition) is 0. The SMILES string of the molecule is Cc1ccn(C(C)(C)I)n1. The van der Waals surface area contributed by atoms with Crippen molar-refractivity contribution in [3.63, 3.8) is 0 Å². The molecule has 1 rings (SSSR count). The Kier molecular flexibility index (Phi) is 2.03. The van der Waals surface area contributed by atoms with Crippen molar-refractivity contribution in [2.24, 2.45) is 0 Å². The molecule has 0 saturated heterocycles. The number of hydrogen-bond acceptors (Lipinski definition) is 1. The topological polar surface area (TPSA) is 17.8 Å². The van der Waals surface area contributed by atoms with Crippen LogP contribution in [-0.4, -0.2) is 9.78 Å². The molecule has 0 radical (unpaired) electrons. The maximum absolute atomic E-state index is 4.29. The molecule has 0 bridgehead atoms. The second-order valence-corrected chi connectivity index (χ2v) is 5.45. The lowest BCUT2D eigenvalue weighted by atomic mass is 10.4. The standard InChI is InChI=1S/C7H11IN2/c1-6-4-5-10(9-6)7(2,3)8/h4-5H,1-3H3. The van der Waals surface area contributed by atoms with Crippen molar-refractivity contribution in [2.75, 3.05) is 0 Å². The van der Waals surface area contributed by atoms with Gasteiger partial charge in [0.25, 0.3) is 0 Å². The molecule has 0 aromatic carbocycles. The molecular formula is C7H11IN2. The molecule has 0 amide bonds. The zero-order valence-electron chi connectivity index (χ0n) is 6.43. The lowest BCUT2D eigenvalue weighted by Gasteiger charge is -2.16. The van der Waals surface area contributed by atoms with E-state index in [1.807, 2.05) is 23.9 Å². The summed E-state index contributed by atoms with van der Waals surface area (Å²) in [5.74, 6) is 0. The molecule has 0 aliphatic carbocycles. The van der Waals surface area contributed by atoms with Crippen LogP contribution in [0.1, 0.15) is 19.5 Å². The van der Waals surface area contributed by atoms with E-state index in [2.05, 4.69) is 41.5 Å². The van der Waals surface area contributed by atoms with E-state index < -0.39 is 0 Å². The van der Waals surface area contributed by atoms with Crippen LogP contribution in [0.5, 0.6) is 0 Å². The van der Waals surface area contributed by atoms with Crippen molar-refractivity contribution in [3.8, 4) is 0 Å². The van der Waals surface area contributed by atoms with Gasteiger partial charge in [0, 0.05) is 6.20 Å². The molecule has 3 heteroatoms. The quantitative estimate of drug-likeness (QED) is 0.552. The van der Waals surface area contributed by atoms with Crippen molar-refractivity contribution >= 4 is 22.6 Å². The van der Waals surface area contributed by atoms with E-state index in [9.17, 15) is 0 Å². The van der Waals surface area contributed by atoms with Crippen LogP contribution in [-0.2, 0) is 3.55 Å². The molecule has 1 aromatic heterocycles. The van der Waals surface area contributed by atoms with Gasteiger partial charge in [0.05, 0.1) is 5.69 Å². The molecular weight excluding hydrogens is 239 g/mol. The normalized spacial score (nSPS) is 12.0. The minimum atomic E-state index is 0.0893. The molecule has 10 heavy (non-hydrogen) atoms. The number of rotatable bonds is 1. The number of aryl methyl sites for hydroxylation is 1. The van der Waals surface area contributed by atoms with Gasteiger partial charge in [-0.1, -0.05) is 22.6 Å². The van der Waals surface area contributed by atoms with Crippen LogP contribution in [0, 0.1) is 6.92 Å². The fraction of sp³-hybridized carbons (Fsp3) is 0.571. The molecule has 2 nitrogen and oxygen atoms in total. The molecule has 1 heterocycles. The van der Waals surface area contributed by atoms with Gasteiger partial charge in [-0.25, -0.2) is 0 Å². The molecule has 0 fully saturated rings. The van der Waals surface area contributed by atoms with E-state index in [0.29, 0.717) is 0 Å². The molecule has 0 N–H and O–H groups in total. The first-order chi connectivity index (χ1) is 4.50. The van der Waals surface area contributed by atoms with Crippen LogP contribution in [0.4, 0.5) is 0 Å². The first kappa shape index (κ1) is 8.04. The molecule has 0 aliphatic rings. The summed E-state index contributed by atoms with van der Waals surface area (Å²) in [5.41, 5.74) is 1.07. The maximum atomic E-state index is 4.29. The van der Waals surface area contributed by atoms with E-state index in [1.54, 1.807) is 0 Å². The fourth-order valence-corrected chi connectivity index (χ4v) is 0.980. The second kappa shape index (κ2) is 2.53. The predicted molar refractivity (Wildman–Crippen MR) is 50.3 cm³/mol. The third kappa shape index (κ3) is 1.71. The lowest BCUT2D eigenvalue weighted by Crippen LogP contribution is -2.18. The molecule has 0 unspecified atom stereocenters. The minimum absolute atomic E-state index is 0.0893. The molecule has 0 atom stereocenters. The Morgan fingerprint density at radius 1 is 1.60 bits per heavy atom. The van der Waals surface area contributed by atoms with Gasteiger partial charge in [0.2, 0.25) is 0 Å². The predicted octanol–water partition coefficient (Wildman–Crippen LogP) is 2.32. The smallest absolute Gasteiger partial charge is 0.108 e. The summed E-state index contributed by atoms with van der Waals surface area (Å²) in [4.78, 5) is 0. The molecule has 56 valence electrons. The number of aromatic nitrogens is 2. The van der Waals surface area contributed by atoms with Gasteiger partial charge in [0.15, 0.2) is 0 Å². The van der Waals surface area contributed by atoms with Gasteiger partial charge in [-0.3, -0.25) is 4.68 Å². The Hall–Kier alpha value is -0.0600. The molecule has 0 spiro atoms. The highest BCUT2D eigenvalue weighted by Crippen LogP contribution is 2.22. The summed E-state index contributed by atoms with van der Waals surface area (Å²) in [7, 11) is 0. The molecule has 0 saturated carbocycles. The zero-order valence-corrected chi connectivity index (χ0v) is 8.58. The van der Waals surface area contributed by atoms with E-state index in [1.165, 1.54) is 0 Å². The monoisotopic (exact) mass is 250 g/mol. The first-order valence-electron chi connectivity index (χ1n) is 3.22. The van der Waals surface area contributed by atoms with Gasteiger partial charge in [0.1, 0.15) is 3.55 Å². The van der Waals surface area contributed by atoms with Crippen LogP contribution in [0.2, 0.25) is 0 Å². The van der Waals surface area contributed by atoms with E-state index in [0.717, 1.165) is 5.69 Å². The van der Waals surface area contributed by atoms with Gasteiger partial charge < -0.3 is 0 Å². The Balaban J connectivity index is 2.96. The van der Waals surface area contributed by atoms with Crippen molar-refractivity contribution < 1.29 is 0 Å². The zero-order chi connectivity index (χ0) is 7.78. The first-order valence-corrected chi connectivity index (χ1v) is 4.30. The van der Waals surface area contributed by atoms with Crippen molar-refractivity contribution in [2.45, 2.75) is 24.3 Å². The summed E-state index contributed by atoms with van der Waals surface area (Å²) >= 11 is 2.36. The maximum Gasteiger partial charge on any atom is 0.108 e. The molecule has 1 aromatic rings. The van der Waals surface area contributed by atoms with Crippen LogP contribution in [0.25, 0.3) is 0 Å². The van der Waals surface area contributed by atoms with Gasteiger partial charge in [-0.05, 0) is 26.8 Å². The van der Waals surface area contributed by atoms with E-state index >= 15 is 0 Å². The average molecular weight is 250 g/mol. The van der Waals surface area contributed by atoms with Gasteiger partial charge in [-0.15, -0.1) is 0 Å². The Bertz CT molecular complexity index is 222. The van der Waals surface area contributed by atoms with Crippen molar-refractivity contribution in [1.29, 1.82) is 0 Å². The summed E-state index contributed by atoms with van der Waals surface area (Å²) in [6.45, 7) is 6.25. The molecule has 0 aliphatic heterocycles. The fourth-order valence-electron chi connectivity index (χ4n) is 0.711. The highest BCUT2D eigenvalue weighted by Gasteiger charge is 2.14. The van der Waals surface area contributed by atoms with Crippen molar-refractivity contribution in [3.05, 3.63) is 18.0 Å². The van der Waals surface area contributed by atoms with Crippen LogP contribution < -0.4 is 0 Å². The van der Waals surface area contributed by atoms with Crippen molar-refractivity contribution in [1.82, 2.24) is 9.78 Å². The van der Waals surface area contributed by atoms with E-state index in [4.69, 9.17) is 0 Å². The Morgan fingerprint density at radius 3 is 2.40 bits per heavy atom. The second-order valence-electron chi connectivity index (χ2n) is 2.81. The Morgan fingerprint density at radius 2 is 2.20 bits per heavy atom. The van der Waals surface area contributed by atoms with Gasteiger partial charge in [-0.2, -0.15) is 5.10 Å². The van der Waals surface area contributed by atoms with Crippen LogP contribution in [0.15, 0.2) is 12.3 Å². The highest BCUT2D eigenvalue weighted by molar-refractivity contribution is 14.1. The third-order valence-corrected chi connectivity index (χ3v) is 1.76. The third-order valence-electron chi connectivity index (χ3n) is 1.27. The van der Waals surface area contributed by atoms with E-state index in [-0.39, 0.29) is 3.55 Å². The highest BCUT2D eigenvalue weighted by atomic mass is 127. The number of nitrogens with zero attached hydrogens (tertiary/aromatic N) is 2. The Labute approximate surface area is 74.8 Å². The summed E-state index contributed by atoms with van der Waals surface area (Å²) in [6.07, 6.45) is 2.00. The summed E-state index contributed by atoms with van der Waals surface area (Å²) in [6, 6.07) is 2.01. The number of halogens is 1. The summed E-state index contributed by atoms with van der Waals surface area (Å²) in [5, 5.41) is 4.29. The van der Waals surface area contributed by atoms with Gasteiger partial charge >= 0.3 is 0 Å². The van der Waals surface area contributed by atoms with Crippen LogP contribution >= 0.6 is 22.6 Å². The largest absolute Gasteiger partial charge is 0.257 e. The lowest BCUT2D eigenvalue weighted by molar-refractivity contribution is 0.503. The summed E-state index contributed by atoms with van der Waals surface area (Å²) < 4.78 is 2.05. The minimum Gasteiger partial charge on any atom is -0.257 e. The average Bonchev–Trinajstić information content (AvgIpc) is 2.11. The van der Waals surface area contributed by atoms with Crippen LogP contribution in [0.3, 0.4) is 0 Å². The number of alkyl halides is 1.